The highest BCUT2D eigenvalue weighted by atomic mass is 31.2. The number of esters is 1. The number of hydrogen-bond donors (Lipinski definition) is 1. The first-order valence-corrected chi connectivity index (χ1v) is 23.5. The number of hydrogen-bond acceptors (Lipinski definition) is 6. The van der Waals surface area contributed by atoms with Crippen molar-refractivity contribution >= 4 is 13.8 Å². The zero-order chi connectivity index (χ0) is 40.6. The van der Waals surface area contributed by atoms with E-state index in [0.29, 0.717) is 24.1 Å². The molecule has 0 aliphatic heterocycles. The Kier molecular flexibility index (Phi) is 37.8. The van der Waals surface area contributed by atoms with Crippen molar-refractivity contribution < 1.29 is 37.3 Å². The van der Waals surface area contributed by atoms with E-state index in [9.17, 15) is 14.3 Å². The molecule has 2 atom stereocenters. The fourth-order valence-corrected chi connectivity index (χ4v) is 6.38. The van der Waals surface area contributed by atoms with Crippen LogP contribution in [-0.2, 0) is 27.9 Å². The van der Waals surface area contributed by atoms with Crippen LogP contribution in [0.3, 0.4) is 0 Å². The molecule has 0 saturated heterocycles. The zero-order valence-corrected chi connectivity index (χ0v) is 37.0. The second-order valence-electron chi connectivity index (χ2n) is 15.7. The van der Waals surface area contributed by atoms with Gasteiger partial charge in [-0.15, -0.1) is 0 Å². The van der Waals surface area contributed by atoms with Crippen molar-refractivity contribution in [3.8, 4) is 0 Å². The van der Waals surface area contributed by atoms with Gasteiger partial charge in [-0.2, -0.15) is 0 Å². The number of likely N-dealkylation sites (N-methyl/N-ethyl adjacent to an activating group) is 1. The summed E-state index contributed by atoms with van der Waals surface area (Å²) in [6.07, 6.45) is 48.2. The van der Waals surface area contributed by atoms with E-state index in [1.165, 1.54) is 83.5 Å². The molecule has 0 aromatic rings. The Bertz CT molecular complexity index is 1060. The maximum atomic E-state index is 12.7. The molecule has 1 N–H and O–H groups in total. The Morgan fingerprint density at radius 1 is 0.582 bits per heavy atom. The smallest absolute Gasteiger partial charge is 0.457 e. The number of unbranched alkanes of at least 4 members (excludes halogenated alkanes) is 16. The number of phosphoric acid groups is 1. The molecule has 0 rings (SSSR count). The number of allylic oxidation sites excluding steroid dienone is 10. The van der Waals surface area contributed by atoms with E-state index >= 15 is 0 Å². The van der Waals surface area contributed by atoms with Crippen molar-refractivity contribution in [1.82, 2.24) is 0 Å². The van der Waals surface area contributed by atoms with Crippen LogP contribution < -0.4 is 0 Å². The van der Waals surface area contributed by atoms with Gasteiger partial charge in [-0.05, 0) is 70.6 Å². The van der Waals surface area contributed by atoms with E-state index in [4.69, 9.17) is 18.5 Å². The van der Waals surface area contributed by atoms with Crippen molar-refractivity contribution in [3.63, 3.8) is 0 Å². The molecule has 0 aromatic heterocycles. The van der Waals surface area contributed by atoms with Crippen molar-refractivity contribution in [2.45, 2.75) is 174 Å². The van der Waals surface area contributed by atoms with Gasteiger partial charge in [0.05, 0.1) is 34.4 Å². The van der Waals surface area contributed by atoms with Gasteiger partial charge in [0, 0.05) is 13.0 Å². The molecule has 0 aliphatic carbocycles. The van der Waals surface area contributed by atoms with E-state index in [1.54, 1.807) is 0 Å². The highest BCUT2D eigenvalue weighted by molar-refractivity contribution is 7.47. The van der Waals surface area contributed by atoms with Crippen LogP contribution >= 0.6 is 7.82 Å². The lowest BCUT2D eigenvalue weighted by Gasteiger charge is -2.24. The van der Waals surface area contributed by atoms with Crippen LogP contribution in [0.15, 0.2) is 60.8 Å². The molecule has 0 saturated carbocycles. The van der Waals surface area contributed by atoms with Crippen LogP contribution in [0.2, 0.25) is 0 Å². The summed E-state index contributed by atoms with van der Waals surface area (Å²) in [5.74, 6) is -0.327. The minimum atomic E-state index is -4.28. The molecule has 0 fully saturated rings. The topological polar surface area (TPSA) is 91.3 Å². The van der Waals surface area contributed by atoms with Crippen LogP contribution in [0, 0.1) is 0 Å². The lowest BCUT2D eigenvalue weighted by Crippen LogP contribution is -2.37. The van der Waals surface area contributed by atoms with Gasteiger partial charge in [0.25, 0.3) is 0 Å². The van der Waals surface area contributed by atoms with E-state index in [2.05, 4.69) is 74.6 Å². The van der Waals surface area contributed by atoms with Gasteiger partial charge in [0.15, 0.2) is 0 Å². The predicted octanol–water partition coefficient (Wildman–Crippen LogP) is 12.9. The Morgan fingerprint density at radius 2 is 1.05 bits per heavy atom. The minimum absolute atomic E-state index is 0.0833. The first kappa shape index (κ1) is 53.2. The molecule has 0 bridgehead atoms. The maximum Gasteiger partial charge on any atom is 0.472 e. The highest BCUT2D eigenvalue weighted by Gasteiger charge is 2.26. The third kappa shape index (κ3) is 43.2. The zero-order valence-electron chi connectivity index (χ0n) is 36.1. The van der Waals surface area contributed by atoms with Gasteiger partial charge in [0.1, 0.15) is 19.3 Å². The standard InChI is InChI=1S/C46H84NO7P/c1-6-8-10-12-14-16-18-20-21-22-23-24-25-26-27-28-29-31-33-35-37-39-46(48)54-45(44-53-55(49,50)52-42-40-47(3,4)5)43-51-41-38-36-34-32-30-19-17-15-13-11-9-7-2/h8,10,13-16,20-21,23-24,45H,6-7,9,11-12,17-19,22,25-44H2,1-5H3/p+1/b10-8-,15-13-,16-14-,21-20-,24-23-. The molecule has 320 valence electrons. The SMILES string of the molecule is CC/C=C\C/C=C\C/C=C\C/C=C\CCCCCCCCCCC(=O)OC(COCCCCCCCC/C=C\CCCC)COP(=O)(O)OCC[N+](C)(C)C. The fraction of sp³-hybridized carbons (Fsp3) is 0.761. The highest BCUT2D eigenvalue weighted by Crippen LogP contribution is 2.43. The van der Waals surface area contributed by atoms with Crippen molar-refractivity contribution in [1.29, 1.82) is 0 Å². The molecule has 9 heteroatoms. The lowest BCUT2D eigenvalue weighted by molar-refractivity contribution is -0.870. The average Bonchev–Trinajstić information content (AvgIpc) is 3.13. The van der Waals surface area contributed by atoms with E-state index < -0.39 is 13.9 Å². The summed E-state index contributed by atoms with van der Waals surface area (Å²) < 4.78 is 35.0. The van der Waals surface area contributed by atoms with Gasteiger partial charge < -0.3 is 18.9 Å². The molecule has 0 heterocycles. The van der Waals surface area contributed by atoms with Crippen molar-refractivity contribution in [2.24, 2.45) is 0 Å². The van der Waals surface area contributed by atoms with Gasteiger partial charge in [-0.1, -0.05) is 152 Å². The second kappa shape index (κ2) is 39.0. The minimum Gasteiger partial charge on any atom is -0.457 e. The average molecular weight is 795 g/mol. The molecule has 0 spiro atoms. The molecule has 2 unspecified atom stereocenters. The molecule has 8 nitrogen and oxygen atoms in total. The first-order valence-electron chi connectivity index (χ1n) is 22.0. The van der Waals surface area contributed by atoms with E-state index in [1.807, 2.05) is 21.1 Å². The molecular weight excluding hydrogens is 709 g/mol. The Labute approximate surface area is 339 Å². The lowest BCUT2D eigenvalue weighted by atomic mass is 10.1. The van der Waals surface area contributed by atoms with Crippen LogP contribution in [0.4, 0.5) is 0 Å². The summed E-state index contributed by atoms with van der Waals surface area (Å²) in [6.45, 7) is 5.44. The maximum absolute atomic E-state index is 12.7. The quantitative estimate of drug-likeness (QED) is 0.0217. The van der Waals surface area contributed by atoms with Crippen LogP contribution in [0.5, 0.6) is 0 Å². The Balaban J connectivity index is 4.22. The third-order valence-electron chi connectivity index (χ3n) is 9.06. The first-order chi connectivity index (χ1) is 26.6. The summed E-state index contributed by atoms with van der Waals surface area (Å²) in [5, 5.41) is 0. The Hall–Kier alpha value is -1.80. The second-order valence-corrected chi connectivity index (χ2v) is 17.1. The monoisotopic (exact) mass is 795 g/mol. The predicted molar refractivity (Wildman–Crippen MR) is 233 cm³/mol. The summed E-state index contributed by atoms with van der Waals surface area (Å²) in [6, 6.07) is 0. The normalized spacial score (nSPS) is 14.4. The van der Waals surface area contributed by atoms with Crippen LogP contribution in [0.25, 0.3) is 0 Å². The molecule has 0 aliphatic rings. The van der Waals surface area contributed by atoms with E-state index in [0.717, 1.165) is 64.2 Å². The third-order valence-corrected chi connectivity index (χ3v) is 10.0. The van der Waals surface area contributed by atoms with Crippen LogP contribution in [-0.4, -0.2) is 75.6 Å². The summed E-state index contributed by atoms with van der Waals surface area (Å²) >= 11 is 0. The molecule has 0 radical (unpaired) electrons. The Morgan fingerprint density at radius 3 is 1.60 bits per heavy atom. The fourth-order valence-electron chi connectivity index (χ4n) is 5.64. The number of nitrogens with zero attached hydrogens (tertiary/aromatic N) is 1. The van der Waals surface area contributed by atoms with Gasteiger partial charge >= 0.3 is 13.8 Å². The molecule has 0 amide bonds. The summed E-state index contributed by atoms with van der Waals surface area (Å²) in [5.41, 5.74) is 0. The number of rotatable bonds is 40. The number of carbonyl (C=O) groups is 1. The van der Waals surface area contributed by atoms with Crippen molar-refractivity contribution in [3.05, 3.63) is 60.8 Å². The number of phosphoric ester groups is 1. The largest absolute Gasteiger partial charge is 0.472 e. The van der Waals surface area contributed by atoms with Crippen LogP contribution in [0.1, 0.15) is 168 Å². The summed E-state index contributed by atoms with van der Waals surface area (Å²) in [4.78, 5) is 22.9. The molecular formula is C46H85NO7P+. The number of carbonyl (C=O) groups excluding carboxylic acids is 1. The number of ether oxygens (including phenoxy) is 2. The summed E-state index contributed by atoms with van der Waals surface area (Å²) in [7, 11) is 1.65. The molecule has 55 heavy (non-hydrogen) atoms. The van der Waals surface area contributed by atoms with Crippen molar-refractivity contribution in [2.75, 3.05) is 54.1 Å². The van der Waals surface area contributed by atoms with E-state index in [-0.39, 0.29) is 25.8 Å². The molecule has 0 aromatic carbocycles. The van der Waals surface area contributed by atoms with Gasteiger partial charge in [-0.3, -0.25) is 13.8 Å². The van der Waals surface area contributed by atoms with Gasteiger partial charge in [-0.25, -0.2) is 4.57 Å². The number of quaternary nitrogens is 1. The van der Waals surface area contributed by atoms with Gasteiger partial charge in [0.2, 0.25) is 0 Å².